The van der Waals surface area contributed by atoms with Gasteiger partial charge in [-0.15, -0.1) is 0 Å². The van der Waals surface area contributed by atoms with Crippen molar-refractivity contribution >= 4 is 52.2 Å². The number of carbonyl (C=O) groups excluding carboxylic acids is 1. The number of fused-ring (bicyclic) bond motifs is 1. The molecule has 3 aromatic rings. The van der Waals surface area contributed by atoms with Gasteiger partial charge in [0, 0.05) is 45.0 Å². The van der Waals surface area contributed by atoms with Crippen LogP contribution in [0.4, 0.5) is 43.7 Å². The Balaban J connectivity index is 1.61. The highest BCUT2D eigenvalue weighted by atomic mass is 35.5. The van der Waals surface area contributed by atoms with Crippen molar-refractivity contribution in [3.63, 3.8) is 0 Å². The second-order valence-corrected chi connectivity index (χ2v) is 8.61. The number of rotatable bonds is 8. The number of nitrogens with zero attached hydrogens (tertiary/aromatic N) is 4. The summed E-state index contributed by atoms with van der Waals surface area (Å²) < 4.78 is 25.9. The third-order valence-corrected chi connectivity index (χ3v) is 5.74. The van der Waals surface area contributed by atoms with E-state index in [0.717, 1.165) is 11.3 Å². The lowest BCUT2D eigenvalue weighted by atomic mass is 10.1. The quantitative estimate of drug-likeness (QED) is 0.381. The molecule has 36 heavy (non-hydrogen) atoms. The van der Waals surface area contributed by atoms with Gasteiger partial charge >= 0.3 is 6.09 Å². The zero-order valence-corrected chi connectivity index (χ0v) is 20.9. The molecule has 1 aliphatic heterocycles. The van der Waals surface area contributed by atoms with Crippen molar-refractivity contribution in [1.82, 2.24) is 9.97 Å². The van der Waals surface area contributed by atoms with Crippen molar-refractivity contribution in [3.05, 3.63) is 65.6 Å². The lowest BCUT2D eigenvalue weighted by molar-refractivity contribution is 0.159. The van der Waals surface area contributed by atoms with Crippen LogP contribution < -0.4 is 25.2 Å². The molecule has 0 bridgehead atoms. The van der Waals surface area contributed by atoms with Crippen molar-refractivity contribution in [2.24, 2.45) is 0 Å². The highest BCUT2D eigenvalue weighted by Gasteiger charge is 2.21. The number of anilines is 6. The van der Waals surface area contributed by atoms with E-state index < -0.39 is 11.9 Å². The molecule has 0 aliphatic carbocycles. The van der Waals surface area contributed by atoms with Crippen LogP contribution in [0.2, 0.25) is 5.02 Å². The SMILES string of the molecule is C=CCOc1cc(N(C)C)cc(F)c1Nc1nc(Nc2ccc3c(c2)CCOC(=O)N3C)ncc1Cl. The van der Waals surface area contributed by atoms with E-state index in [9.17, 15) is 4.79 Å². The predicted molar refractivity (Wildman–Crippen MR) is 140 cm³/mol. The molecule has 4 rings (SSSR count). The molecule has 9 nitrogen and oxygen atoms in total. The molecule has 0 spiro atoms. The third kappa shape index (κ3) is 5.44. The normalized spacial score (nSPS) is 12.8. The first-order chi connectivity index (χ1) is 17.3. The second-order valence-electron chi connectivity index (χ2n) is 8.20. The van der Waals surface area contributed by atoms with Gasteiger partial charge in [-0.2, -0.15) is 4.98 Å². The number of amides is 1. The Morgan fingerprint density at radius 2 is 2.11 bits per heavy atom. The van der Waals surface area contributed by atoms with Crippen LogP contribution in [-0.2, 0) is 11.2 Å². The number of benzene rings is 2. The van der Waals surface area contributed by atoms with Gasteiger partial charge in [-0.3, -0.25) is 4.90 Å². The number of hydrogen-bond donors (Lipinski definition) is 2. The summed E-state index contributed by atoms with van der Waals surface area (Å²) in [7, 11) is 5.28. The average Bonchev–Trinajstić information content (AvgIpc) is 2.98. The van der Waals surface area contributed by atoms with Crippen molar-refractivity contribution < 1.29 is 18.7 Å². The summed E-state index contributed by atoms with van der Waals surface area (Å²) in [5.74, 6) is 0.197. The third-order valence-electron chi connectivity index (χ3n) is 5.47. The van der Waals surface area contributed by atoms with Crippen LogP contribution in [-0.4, -0.2) is 50.4 Å². The summed E-state index contributed by atoms with van der Waals surface area (Å²) in [6, 6.07) is 8.63. The number of cyclic esters (lactones) is 1. The minimum atomic E-state index is -0.531. The minimum Gasteiger partial charge on any atom is -0.487 e. The molecule has 0 fully saturated rings. The highest BCUT2D eigenvalue weighted by molar-refractivity contribution is 6.33. The molecule has 1 aliphatic rings. The lowest BCUT2D eigenvalue weighted by Crippen LogP contribution is -2.25. The van der Waals surface area contributed by atoms with Crippen molar-refractivity contribution in [1.29, 1.82) is 0 Å². The molecule has 0 radical (unpaired) electrons. The summed E-state index contributed by atoms with van der Waals surface area (Å²) in [6.45, 7) is 4.13. The molecule has 2 aromatic carbocycles. The number of carbonyl (C=O) groups is 1. The van der Waals surface area contributed by atoms with Crippen LogP contribution in [0.25, 0.3) is 0 Å². The van der Waals surface area contributed by atoms with E-state index in [1.165, 1.54) is 17.2 Å². The van der Waals surface area contributed by atoms with E-state index in [1.54, 1.807) is 30.2 Å². The number of halogens is 2. The lowest BCUT2D eigenvalue weighted by Gasteiger charge is -2.19. The molecule has 1 aromatic heterocycles. The first-order valence-electron chi connectivity index (χ1n) is 11.1. The molecular weight excluding hydrogens is 487 g/mol. The number of hydrogen-bond acceptors (Lipinski definition) is 8. The Morgan fingerprint density at radius 3 is 2.86 bits per heavy atom. The number of ether oxygens (including phenoxy) is 2. The minimum absolute atomic E-state index is 0.0896. The van der Waals surface area contributed by atoms with Crippen LogP contribution in [0.1, 0.15) is 5.56 Å². The topological polar surface area (TPSA) is 91.8 Å². The first-order valence-corrected chi connectivity index (χ1v) is 11.5. The zero-order valence-electron chi connectivity index (χ0n) is 20.1. The molecule has 0 saturated heterocycles. The Hall–Kier alpha value is -4.05. The van der Waals surface area contributed by atoms with E-state index in [1.807, 2.05) is 26.2 Å². The van der Waals surface area contributed by atoms with Crippen LogP contribution >= 0.6 is 11.6 Å². The second kappa shape index (κ2) is 10.7. The van der Waals surface area contributed by atoms with Gasteiger partial charge in [0.25, 0.3) is 0 Å². The first kappa shape index (κ1) is 25.1. The maximum absolute atomic E-state index is 15.1. The smallest absolute Gasteiger partial charge is 0.414 e. The van der Waals surface area contributed by atoms with Crippen LogP contribution in [0, 0.1) is 5.82 Å². The Bertz CT molecular complexity index is 1300. The summed E-state index contributed by atoms with van der Waals surface area (Å²) in [4.78, 5) is 23.8. The summed E-state index contributed by atoms with van der Waals surface area (Å²) in [5, 5.41) is 6.27. The van der Waals surface area contributed by atoms with Crippen LogP contribution in [0.15, 0.2) is 49.2 Å². The summed E-state index contributed by atoms with van der Waals surface area (Å²) in [6.07, 6.45) is 3.17. The van der Waals surface area contributed by atoms with E-state index in [0.29, 0.717) is 24.4 Å². The fourth-order valence-electron chi connectivity index (χ4n) is 3.61. The predicted octanol–water partition coefficient (Wildman–Crippen LogP) is 5.52. The van der Waals surface area contributed by atoms with Crippen molar-refractivity contribution in [3.8, 4) is 5.75 Å². The number of aromatic nitrogens is 2. The maximum atomic E-state index is 15.1. The highest BCUT2D eigenvalue weighted by Crippen LogP contribution is 2.36. The fraction of sp³-hybridized carbons (Fsp3) is 0.240. The van der Waals surface area contributed by atoms with Gasteiger partial charge in [0.05, 0.1) is 18.5 Å². The molecule has 0 unspecified atom stereocenters. The van der Waals surface area contributed by atoms with Gasteiger partial charge in [0.15, 0.2) is 11.6 Å². The van der Waals surface area contributed by atoms with Crippen molar-refractivity contribution in [2.75, 3.05) is 54.8 Å². The van der Waals surface area contributed by atoms with Crippen LogP contribution in [0.3, 0.4) is 0 Å². The molecule has 11 heteroatoms. The molecule has 2 N–H and O–H groups in total. The van der Waals surface area contributed by atoms with Gasteiger partial charge in [-0.25, -0.2) is 14.2 Å². The molecular formula is C25H26ClFN6O3. The van der Waals surface area contributed by atoms with Crippen LogP contribution in [0.5, 0.6) is 5.75 Å². The van der Waals surface area contributed by atoms with Gasteiger partial charge < -0.3 is 25.0 Å². The summed E-state index contributed by atoms with van der Waals surface area (Å²) >= 11 is 6.33. The van der Waals surface area contributed by atoms with E-state index >= 15 is 4.39 Å². The van der Waals surface area contributed by atoms with Gasteiger partial charge in [-0.1, -0.05) is 24.3 Å². The Morgan fingerprint density at radius 1 is 1.31 bits per heavy atom. The fourth-order valence-corrected chi connectivity index (χ4v) is 3.74. The van der Waals surface area contributed by atoms with Crippen molar-refractivity contribution in [2.45, 2.75) is 6.42 Å². The number of nitrogens with one attached hydrogen (secondary N) is 2. The zero-order chi connectivity index (χ0) is 25.8. The molecule has 188 valence electrons. The van der Waals surface area contributed by atoms with Gasteiger partial charge in [0.1, 0.15) is 23.1 Å². The summed E-state index contributed by atoms with van der Waals surface area (Å²) in [5.41, 5.74) is 3.14. The van der Waals surface area contributed by atoms with Gasteiger partial charge in [-0.05, 0) is 29.8 Å². The monoisotopic (exact) mass is 512 g/mol. The largest absolute Gasteiger partial charge is 0.487 e. The Kier molecular flexibility index (Phi) is 7.44. The Labute approximate surface area is 213 Å². The van der Waals surface area contributed by atoms with Gasteiger partial charge in [0.2, 0.25) is 5.95 Å². The van der Waals surface area contributed by atoms with E-state index in [-0.39, 0.29) is 34.8 Å². The van der Waals surface area contributed by atoms with E-state index in [2.05, 4.69) is 27.2 Å². The standard InChI is InChI=1S/C25H26ClFN6O3/c1-5-9-35-21-13-17(32(2)3)12-19(27)22(21)30-23-18(26)14-28-24(31-23)29-16-6-7-20-15(11-16)8-10-36-25(34)33(20)4/h5-7,11-14H,1,8-10H2,2-4H3,(H2,28,29,30,31). The molecule has 0 saturated carbocycles. The van der Waals surface area contributed by atoms with E-state index in [4.69, 9.17) is 21.1 Å². The molecule has 1 amide bonds. The average molecular weight is 513 g/mol. The maximum Gasteiger partial charge on any atom is 0.414 e. The molecule has 2 heterocycles. The molecule has 0 atom stereocenters.